The average molecular weight is 444 g/mol. The molecule has 0 bridgehead atoms. The summed E-state index contributed by atoms with van der Waals surface area (Å²) in [7, 11) is 0. The highest BCUT2D eigenvalue weighted by Crippen LogP contribution is 2.37. The largest absolute Gasteiger partial charge is 0.450 e. The second-order valence-electron chi connectivity index (χ2n) is 5.92. The highest BCUT2D eigenvalue weighted by molar-refractivity contribution is 8.27. The minimum absolute atomic E-state index is 0.160. The van der Waals surface area contributed by atoms with Crippen LogP contribution in [-0.2, 0) is 10.5 Å². The summed E-state index contributed by atoms with van der Waals surface area (Å²) in [6.45, 7) is 0. The normalized spacial score (nSPS) is 15.6. The molecule has 140 valence electrons. The minimum Gasteiger partial charge on any atom is -0.450 e. The van der Waals surface area contributed by atoms with Crippen molar-refractivity contribution < 1.29 is 9.21 Å². The molecular formula is C21H14ClNO2S3. The summed E-state index contributed by atoms with van der Waals surface area (Å²) in [5, 5.41) is 1.42. The summed E-state index contributed by atoms with van der Waals surface area (Å²) in [6.07, 6.45) is 1.74. The number of furan rings is 1. The van der Waals surface area contributed by atoms with E-state index in [1.165, 1.54) is 22.2 Å². The summed E-state index contributed by atoms with van der Waals surface area (Å²) in [6, 6.07) is 21.0. The van der Waals surface area contributed by atoms with Crippen LogP contribution in [0.15, 0.2) is 81.1 Å². The van der Waals surface area contributed by atoms with Crippen molar-refractivity contribution in [2.75, 3.05) is 4.90 Å². The molecule has 28 heavy (non-hydrogen) atoms. The van der Waals surface area contributed by atoms with Crippen molar-refractivity contribution in [2.24, 2.45) is 0 Å². The van der Waals surface area contributed by atoms with Crippen molar-refractivity contribution >= 4 is 69.3 Å². The molecule has 3 aromatic rings. The number of hydrogen-bond acceptors (Lipinski definition) is 5. The van der Waals surface area contributed by atoms with Gasteiger partial charge in [-0.05, 0) is 42.0 Å². The van der Waals surface area contributed by atoms with Crippen molar-refractivity contribution in [2.45, 2.75) is 10.8 Å². The van der Waals surface area contributed by atoms with Gasteiger partial charge < -0.3 is 4.42 Å². The van der Waals surface area contributed by atoms with E-state index in [1.54, 1.807) is 42.1 Å². The van der Waals surface area contributed by atoms with E-state index in [4.69, 9.17) is 28.2 Å². The van der Waals surface area contributed by atoms with Crippen LogP contribution in [0.4, 0.5) is 5.69 Å². The van der Waals surface area contributed by atoms with Crippen molar-refractivity contribution in [3.05, 3.63) is 88.0 Å². The summed E-state index contributed by atoms with van der Waals surface area (Å²) in [5.74, 6) is 1.30. The Morgan fingerprint density at radius 2 is 1.82 bits per heavy atom. The van der Waals surface area contributed by atoms with Gasteiger partial charge in [0, 0.05) is 16.9 Å². The van der Waals surface area contributed by atoms with Crippen LogP contribution in [0.5, 0.6) is 0 Å². The maximum Gasteiger partial charge on any atom is 0.270 e. The maximum absolute atomic E-state index is 12.8. The Kier molecular flexibility index (Phi) is 5.92. The molecule has 2 heterocycles. The first-order valence-electron chi connectivity index (χ1n) is 8.40. The Labute approximate surface area is 181 Å². The maximum atomic E-state index is 12.8. The third-order valence-corrected chi connectivity index (χ3v) is 6.51. The topological polar surface area (TPSA) is 33.5 Å². The molecule has 0 saturated carbocycles. The van der Waals surface area contributed by atoms with Gasteiger partial charge in [-0.25, -0.2) is 0 Å². The van der Waals surface area contributed by atoms with Gasteiger partial charge in [-0.1, -0.05) is 77.7 Å². The van der Waals surface area contributed by atoms with Gasteiger partial charge in [0.2, 0.25) is 0 Å². The molecule has 4 rings (SSSR count). The summed E-state index contributed by atoms with van der Waals surface area (Å²) >= 11 is 14.2. The number of rotatable bonds is 5. The van der Waals surface area contributed by atoms with Gasteiger partial charge in [0.1, 0.15) is 5.76 Å². The Balaban J connectivity index is 1.47. The lowest BCUT2D eigenvalue weighted by Crippen LogP contribution is -2.27. The number of thiocarbonyl (C=S) groups is 1. The Hall–Kier alpha value is -1.99. The van der Waals surface area contributed by atoms with Crippen LogP contribution in [-0.4, -0.2) is 10.2 Å². The fourth-order valence-corrected chi connectivity index (χ4v) is 4.85. The average Bonchev–Trinajstić information content (AvgIpc) is 3.26. The van der Waals surface area contributed by atoms with E-state index < -0.39 is 0 Å². The molecule has 0 atom stereocenters. The molecule has 0 spiro atoms. The number of halogens is 1. The minimum atomic E-state index is -0.160. The quantitative estimate of drug-likeness (QED) is 0.251. The molecular weight excluding hydrogens is 430 g/mol. The Morgan fingerprint density at radius 1 is 1.07 bits per heavy atom. The zero-order valence-electron chi connectivity index (χ0n) is 14.5. The van der Waals surface area contributed by atoms with E-state index in [9.17, 15) is 4.79 Å². The number of anilines is 1. The molecule has 0 unspecified atom stereocenters. The molecule has 1 fully saturated rings. The van der Waals surface area contributed by atoms with Crippen LogP contribution < -0.4 is 4.90 Å². The Morgan fingerprint density at radius 3 is 2.57 bits per heavy atom. The third kappa shape index (κ3) is 4.36. The van der Waals surface area contributed by atoms with Gasteiger partial charge in [-0.15, -0.1) is 0 Å². The molecule has 1 amide bonds. The first-order valence-corrected chi connectivity index (χ1v) is 11.0. The van der Waals surface area contributed by atoms with E-state index in [-0.39, 0.29) is 5.91 Å². The van der Waals surface area contributed by atoms with Crippen LogP contribution >= 0.6 is 47.3 Å². The molecule has 1 aliphatic rings. The van der Waals surface area contributed by atoms with E-state index >= 15 is 0 Å². The number of nitrogens with zero attached hydrogens (tertiary/aromatic N) is 1. The standard InChI is InChI=1S/C21H14ClNO2S3/c22-15-6-8-16(9-7-15)23-20(24)18(28-21(23)26)12-17-10-11-19(25-17)27-13-14-4-2-1-3-5-14/h1-12H,13H2/b18-12-. The molecule has 2 aromatic carbocycles. The number of hydrogen-bond donors (Lipinski definition) is 0. The highest BCUT2D eigenvalue weighted by atomic mass is 35.5. The van der Waals surface area contributed by atoms with E-state index in [0.29, 0.717) is 25.7 Å². The van der Waals surface area contributed by atoms with Crippen molar-refractivity contribution in [3.63, 3.8) is 0 Å². The molecule has 0 radical (unpaired) electrons. The zero-order valence-corrected chi connectivity index (χ0v) is 17.7. The summed E-state index contributed by atoms with van der Waals surface area (Å²) in [5.41, 5.74) is 1.93. The van der Waals surface area contributed by atoms with Crippen LogP contribution in [0.1, 0.15) is 11.3 Å². The predicted octanol–water partition coefficient (Wildman–Crippen LogP) is 6.63. The zero-order chi connectivity index (χ0) is 19.5. The van der Waals surface area contributed by atoms with Crippen LogP contribution in [0.2, 0.25) is 5.02 Å². The molecule has 1 aromatic heterocycles. The van der Waals surface area contributed by atoms with Crippen LogP contribution in [0.25, 0.3) is 6.08 Å². The van der Waals surface area contributed by atoms with Crippen molar-refractivity contribution in [3.8, 4) is 0 Å². The second-order valence-corrected chi connectivity index (χ2v) is 9.02. The number of thioether (sulfide) groups is 2. The lowest BCUT2D eigenvalue weighted by molar-refractivity contribution is -0.113. The SMILES string of the molecule is O=C1/C(=C/c2ccc(SCc3ccccc3)o2)SC(=S)N1c1ccc(Cl)cc1. The number of amides is 1. The van der Waals surface area contributed by atoms with Crippen molar-refractivity contribution in [1.82, 2.24) is 0 Å². The highest BCUT2D eigenvalue weighted by Gasteiger charge is 2.33. The summed E-state index contributed by atoms with van der Waals surface area (Å²) < 4.78 is 6.34. The molecule has 3 nitrogen and oxygen atoms in total. The Bertz CT molecular complexity index is 1050. The first-order chi connectivity index (χ1) is 13.6. The smallest absolute Gasteiger partial charge is 0.270 e. The molecule has 7 heteroatoms. The van der Waals surface area contributed by atoms with Gasteiger partial charge in [0.05, 0.1) is 10.6 Å². The van der Waals surface area contributed by atoms with Crippen LogP contribution in [0.3, 0.4) is 0 Å². The number of carbonyl (C=O) groups excluding carboxylic acids is 1. The van der Waals surface area contributed by atoms with E-state index in [1.807, 2.05) is 30.3 Å². The van der Waals surface area contributed by atoms with Gasteiger partial charge in [-0.3, -0.25) is 9.69 Å². The van der Waals surface area contributed by atoms with Crippen molar-refractivity contribution in [1.29, 1.82) is 0 Å². The van der Waals surface area contributed by atoms with Gasteiger partial charge >= 0.3 is 0 Å². The monoisotopic (exact) mass is 443 g/mol. The van der Waals surface area contributed by atoms with E-state index in [0.717, 1.165) is 10.8 Å². The first kappa shape index (κ1) is 19.3. The van der Waals surface area contributed by atoms with Crippen LogP contribution in [0, 0.1) is 0 Å². The number of benzene rings is 2. The summed E-state index contributed by atoms with van der Waals surface area (Å²) in [4.78, 5) is 14.8. The number of carbonyl (C=O) groups is 1. The third-order valence-electron chi connectivity index (χ3n) is 3.98. The molecule has 0 aliphatic carbocycles. The lowest BCUT2D eigenvalue weighted by atomic mass is 10.2. The molecule has 1 saturated heterocycles. The molecule has 1 aliphatic heterocycles. The fraction of sp³-hybridized carbons (Fsp3) is 0.0476. The lowest BCUT2D eigenvalue weighted by Gasteiger charge is -2.14. The van der Waals surface area contributed by atoms with Gasteiger partial charge in [0.25, 0.3) is 5.91 Å². The fourth-order valence-electron chi connectivity index (χ4n) is 2.63. The second kappa shape index (κ2) is 8.57. The van der Waals surface area contributed by atoms with E-state index in [2.05, 4.69) is 12.1 Å². The van der Waals surface area contributed by atoms with Gasteiger partial charge in [0.15, 0.2) is 9.41 Å². The predicted molar refractivity (Wildman–Crippen MR) is 122 cm³/mol. The molecule has 0 N–H and O–H groups in total. The van der Waals surface area contributed by atoms with Gasteiger partial charge in [-0.2, -0.15) is 0 Å².